The van der Waals surface area contributed by atoms with Gasteiger partial charge in [-0.15, -0.1) is 0 Å². The maximum Gasteiger partial charge on any atom is 0.123 e. The highest BCUT2D eigenvalue weighted by Crippen LogP contribution is 2.49. The molecule has 0 aromatic heterocycles. The molecule has 0 radical (unpaired) electrons. The minimum absolute atomic E-state index is 0.224. The molecule has 0 saturated heterocycles. The number of halogens is 1. The predicted molar refractivity (Wildman–Crippen MR) is 70.0 cm³/mol. The molecule has 0 unspecified atom stereocenters. The summed E-state index contributed by atoms with van der Waals surface area (Å²) >= 11 is 3.63. The molecule has 0 spiro atoms. The Balaban J connectivity index is 2.46. The normalized spacial score (nSPS) is 17.2. The lowest BCUT2D eigenvalue weighted by atomic mass is 9.94. The van der Waals surface area contributed by atoms with E-state index in [-0.39, 0.29) is 5.41 Å². The van der Waals surface area contributed by atoms with Crippen LogP contribution in [0.5, 0.6) is 5.75 Å². The number of nitrogens with two attached hydrogens (primary N) is 1. The zero-order valence-corrected chi connectivity index (χ0v) is 11.4. The smallest absolute Gasteiger partial charge is 0.123 e. The molecule has 1 aromatic carbocycles. The van der Waals surface area contributed by atoms with Crippen molar-refractivity contribution < 1.29 is 4.74 Å². The van der Waals surface area contributed by atoms with E-state index in [0.717, 1.165) is 23.2 Å². The van der Waals surface area contributed by atoms with Crippen LogP contribution in [0.2, 0.25) is 0 Å². The third-order valence-corrected chi connectivity index (χ3v) is 4.29. The molecule has 88 valence electrons. The summed E-state index contributed by atoms with van der Waals surface area (Å²) in [5.41, 5.74) is 8.63. The summed E-state index contributed by atoms with van der Waals surface area (Å²) in [6.45, 7) is 2.87. The van der Waals surface area contributed by atoms with Crippen LogP contribution in [0.4, 0.5) is 0 Å². The molecule has 1 aromatic rings. The van der Waals surface area contributed by atoms with Gasteiger partial charge in [0.05, 0.1) is 7.11 Å². The minimum atomic E-state index is 0.224. The number of methoxy groups -OCH3 is 1. The van der Waals surface area contributed by atoms with Gasteiger partial charge in [0, 0.05) is 22.0 Å². The van der Waals surface area contributed by atoms with E-state index in [1.807, 2.05) is 0 Å². The van der Waals surface area contributed by atoms with Gasteiger partial charge in [-0.1, -0.05) is 22.9 Å². The molecule has 2 N–H and O–H groups in total. The van der Waals surface area contributed by atoms with Crippen molar-refractivity contribution in [2.75, 3.05) is 13.7 Å². The van der Waals surface area contributed by atoms with E-state index in [4.69, 9.17) is 10.5 Å². The Morgan fingerprint density at radius 1 is 1.44 bits per heavy atom. The van der Waals surface area contributed by atoms with Crippen LogP contribution in [-0.2, 0) is 11.8 Å². The van der Waals surface area contributed by atoms with Crippen molar-refractivity contribution in [2.24, 2.45) is 5.73 Å². The van der Waals surface area contributed by atoms with Crippen LogP contribution < -0.4 is 10.5 Å². The first-order valence-corrected chi connectivity index (χ1v) is 6.53. The largest absolute Gasteiger partial charge is 0.496 e. The van der Waals surface area contributed by atoms with Gasteiger partial charge in [-0.3, -0.25) is 0 Å². The van der Waals surface area contributed by atoms with Crippen LogP contribution in [0.15, 0.2) is 16.6 Å². The molecule has 0 bridgehead atoms. The molecule has 0 atom stereocenters. The van der Waals surface area contributed by atoms with Gasteiger partial charge < -0.3 is 10.5 Å². The summed E-state index contributed by atoms with van der Waals surface area (Å²) in [7, 11) is 1.73. The van der Waals surface area contributed by atoms with Crippen LogP contribution in [0.3, 0.4) is 0 Å². The zero-order valence-electron chi connectivity index (χ0n) is 9.85. The molecule has 0 amide bonds. The third-order valence-electron chi connectivity index (χ3n) is 3.58. The van der Waals surface area contributed by atoms with Crippen LogP contribution in [-0.4, -0.2) is 13.7 Å². The van der Waals surface area contributed by atoms with Crippen molar-refractivity contribution in [1.82, 2.24) is 0 Å². The first-order chi connectivity index (χ1) is 7.66. The number of hydrogen-bond acceptors (Lipinski definition) is 2. The lowest BCUT2D eigenvalue weighted by Gasteiger charge is -2.17. The second-order valence-electron chi connectivity index (χ2n) is 4.48. The molecule has 2 nitrogen and oxygen atoms in total. The lowest BCUT2D eigenvalue weighted by molar-refractivity contribution is 0.408. The molecule has 1 aliphatic carbocycles. The minimum Gasteiger partial charge on any atom is -0.496 e. The second kappa shape index (κ2) is 4.38. The van der Waals surface area contributed by atoms with Gasteiger partial charge in [0.25, 0.3) is 0 Å². The van der Waals surface area contributed by atoms with Gasteiger partial charge in [-0.05, 0) is 37.0 Å². The average molecular weight is 284 g/mol. The van der Waals surface area contributed by atoms with Gasteiger partial charge in [-0.25, -0.2) is 0 Å². The van der Waals surface area contributed by atoms with Gasteiger partial charge >= 0.3 is 0 Å². The highest BCUT2D eigenvalue weighted by molar-refractivity contribution is 9.10. The van der Waals surface area contributed by atoms with E-state index in [1.54, 1.807) is 7.11 Å². The van der Waals surface area contributed by atoms with Crippen molar-refractivity contribution in [1.29, 1.82) is 0 Å². The van der Waals surface area contributed by atoms with Gasteiger partial charge in [0.2, 0.25) is 0 Å². The SMILES string of the molecule is CCc1c(Br)cc(C2(CN)CC2)cc1OC. The monoisotopic (exact) mass is 283 g/mol. The first kappa shape index (κ1) is 11.9. The highest BCUT2D eigenvalue weighted by atomic mass is 79.9. The summed E-state index contributed by atoms with van der Waals surface area (Å²) in [6.07, 6.45) is 3.37. The van der Waals surface area contributed by atoms with Crippen molar-refractivity contribution in [3.05, 3.63) is 27.7 Å². The van der Waals surface area contributed by atoms with Crippen LogP contribution >= 0.6 is 15.9 Å². The van der Waals surface area contributed by atoms with E-state index in [9.17, 15) is 0 Å². The number of benzene rings is 1. The fraction of sp³-hybridized carbons (Fsp3) is 0.538. The van der Waals surface area contributed by atoms with E-state index in [1.165, 1.54) is 24.0 Å². The van der Waals surface area contributed by atoms with Crippen molar-refractivity contribution >= 4 is 15.9 Å². The molecule has 3 heteroatoms. The van der Waals surface area contributed by atoms with Crippen LogP contribution in [0.25, 0.3) is 0 Å². The molecule has 1 aliphatic rings. The molecule has 0 aliphatic heterocycles. The van der Waals surface area contributed by atoms with Gasteiger partial charge in [0.1, 0.15) is 5.75 Å². The molecular formula is C13H18BrNO. The van der Waals surface area contributed by atoms with E-state index < -0.39 is 0 Å². The topological polar surface area (TPSA) is 35.2 Å². The van der Waals surface area contributed by atoms with E-state index in [2.05, 4.69) is 35.0 Å². The Morgan fingerprint density at radius 3 is 2.56 bits per heavy atom. The van der Waals surface area contributed by atoms with Gasteiger partial charge in [0.15, 0.2) is 0 Å². The fourth-order valence-electron chi connectivity index (χ4n) is 2.20. The molecule has 2 rings (SSSR count). The summed E-state index contributed by atoms with van der Waals surface area (Å²) in [6, 6.07) is 4.37. The maximum atomic E-state index is 5.86. The Kier molecular flexibility index (Phi) is 3.27. The second-order valence-corrected chi connectivity index (χ2v) is 5.33. The summed E-state index contributed by atoms with van der Waals surface area (Å²) in [4.78, 5) is 0. The van der Waals surface area contributed by atoms with Crippen molar-refractivity contribution in [2.45, 2.75) is 31.6 Å². The quantitative estimate of drug-likeness (QED) is 0.922. The standard InChI is InChI=1S/C13H18BrNO/c1-3-10-11(14)6-9(7-12(10)16-2)13(8-15)4-5-13/h6-7H,3-5,8,15H2,1-2H3. The van der Waals surface area contributed by atoms with Crippen molar-refractivity contribution in [3.63, 3.8) is 0 Å². The maximum absolute atomic E-state index is 5.86. The fourth-order valence-corrected chi connectivity index (χ4v) is 2.93. The molecule has 1 fully saturated rings. The zero-order chi connectivity index (χ0) is 11.8. The Labute approximate surface area is 105 Å². The highest BCUT2D eigenvalue weighted by Gasteiger charge is 2.43. The summed E-state index contributed by atoms with van der Waals surface area (Å²) in [5.74, 6) is 0.978. The van der Waals surface area contributed by atoms with Crippen molar-refractivity contribution in [3.8, 4) is 5.75 Å². The average Bonchev–Trinajstić information content (AvgIpc) is 3.08. The van der Waals surface area contributed by atoms with Gasteiger partial charge in [-0.2, -0.15) is 0 Å². The molecule has 16 heavy (non-hydrogen) atoms. The number of ether oxygens (including phenoxy) is 1. The number of hydrogen-bond donors (Lipinski definition) is 1. The first-order valence-electron chi connectivity index (χ1n) is 5.74. The molecule has 1 saturated carbocycles. The van der Waals surface area contributed by atoms with Crippen LogP contribution in [0, 0.1) is 0 Å². The Morgan fingerprint density at radius 2 is 2.12 bits per heavy atom. The van der Waals surface area contributed by atoms with E-state index >= 15 is 0 Å². The summed E-state index contributed by atoms with van der Waals surface area (Å²) < 4.78 is 6.60. The Bertz CT molecular complexity index is 399. The lowest BCUT2D eigenvalue weighted by Crippen LogP contribution is -2.19. The third kappa shape index (κ3) is 1.87. The Hall–Kier alpha value is -0.540. The van der Waals surface area contributed by atoms with Crippen LogP contribution in [0.1, 0.15) is 30.9 Å². The molecular weight excluding hydrogens is 266 g/mol. The summed E-state index contributed by atoms with van der Waals surface area (Å²) in [5, 5.41) is 0. The predicted octanol–water partition coefficient (Wildman–Crippen LogP) is 3.01. The van der Waals surface area contributed by atoms with E-state index in [0.29, 0.717) is 0 Å². The molecule has 0 heterocycles. The number of rotatable bonds is 4.